The van der Waals surface area contributed by atoms with Crippen molar-refractivity contribution in [3.8, 4) is 0 Å². The van der Waals surface area contributed by atoms with Gasteiger partial charge >= 0.3 is 0 Å². The number of rotatable bonds is 4. The second-order valence-corrected chi connectivity index (χ2v) is 5.50. The van der Waals surface area contributed by atoms with E-state index in [4.69, 9.17) is 0 Å². The Morgan fingerprint density at radius 1 is 1.11 bits per heavy atom. The zero-order valence-electron chi connectivity index (χ0n) is 10.8. The summed E-state index contributed by atoms with van der Waals surface area (Å²) in [6.07, 6.45) is 1.01. The standard InChI is InChI=1S/C16H18BrN/c1-12-6-8-13(9-7-12)10-16(18-2)14-4-3-5-15(17)11-14/h3-9,11,16,18H,10H2,1-2H3. The number of nitrogens with one attached hydrogen (secondary N) is 1. The normalized spacial score (nSPS) is 12.4. The van der Waals surface area contributed by atoms with Crippen LogP contribution in [-0.4, -0.2) is 7.05 Å². The molecule has 0 aromatic heterocycles. The summed E-state index contributed by atoms with van der Waals surface area (Å²) in [6, 6.07) is 17.6. The molecule has 0 saturated heterocycles. The summed E-state index contributed by atoms with van der Waals surface area (Å²) >= 11 is 3.53. The van der Waals surface area contributed by atoms with Gasteiger partial charge in [0.05, 0.1) is 0 Å². The first kappa shape index (κ1) is 13.3. The maximum absolute atomic E-state index is 3.53. The number of halogens is 1. The molecule has 94 valence electrons. The van der Waals surface area contributed by atoms with Gasteiger partial charge in [-0.3, -0.25) is 0 Å². The maximum atomic E-state index is 3.53. The lowest BCUT2D eigenvalue weighted by molar-refractivity contribution is 0.592. The van der Waals surface area contributed by atoms with E-state index in [2.05, 4.69) is 76.7 Å². The predicted molar refractivity (Wildman–Crippen MR) is 80.8 cm³/mol. The van der Waals surface area contributed by atoms with Gasteiger partial charge in [0.2, 0.25) is 0 Å². The smallest absolute Gasteiger partial charge is 0.0358 e. The van der Waals surface area contributed by atoms with Crippen LogP contribution >= 0.6 is 15.9 Å². The average molecular weight is 304 g/mol. The van der Waals surface area contributed by atoms with Crippen LogP contribution in [0.5, 0.6) is 0 Å². The molecule has 0 bridgehead atoms. The van der Waals surface area contributed by atoms with Crippen LogP contribution in [0.4, 0.5) is 0 Å². The van der Waals surface area contributed by atoms with Crippen LogP contribution in [0.15, 0.2) is 53.0 Å². The molecule has 2 aromatic rings. The molecule has 0 fully saturated rings. The largest absolute Gasteiger partial charge is 0.313 e. The first-order chi connectivity index (χ1) is 8.69. The van der Waals surface area contributed by atoms with E-state index in [1.54, 1.807) is 0 Å². The molecule has 1 nitrogen and oxygen atoms in total. The van der Waals surface area contributed by atoms with Crippen molar-refractivity contribution < 1.29 is 0 Å². The summed E-state index contributed by atoms with van der Waals surface area (Å²) in [5.74, 6) is 0. The van der Waals surface area contributed by atoms with E-state index in [-0.39, 0.29) is 0 Å². The summed E-state index contributed by atoms with van der Waals surface area (Å²) in [5, 5.41) is 3.39. The number of hydrogen-bond acceptors (Lipinski definition) is 1. The Kier molecular flexibility index (Phi) is 4.56. The van der Waals surface area contributed by atoms with Crippen molar-refractivity contribution in [2.75, 3.05) is 7.05 Å². The van der Waals surface area contributed by atoms with E-state index in [0.717, 1.165) is 10.9 Å². The third-order valence-electron chi connectivity index (χ3n) is 3.16. The molecule has 0 amide bonds. The van der Waals surface area contributed by atoms with Gasteiger partial charge in [-0.15, -0.1) is 0 Å². The highest BCUT2D eigenvalue weighted by Gasteiger charge is 2.10. The molecule has 0 aliphatic carbocycles. The fraction of sp³-hybridized carbons (Fsp3) is 0.250. The average Bonchev–Trinajstić information content (AvgIpc) is 2.38. The van der Waals surface area contributed by atoms with Crippen LogP contribution in [0.1, 0.15) is 22.7 Å². The van der Waals surface area contributed by atoms with Crippen molar-refractivity contribution in [3.63, 3.8) is 0 Å². The third-order valence-corrected chi connectivity index (χ3v) is 3.65. The Balaban J connectivity index is 2.17. The Morgan fingerprint density at radius 2 is 1.83 bits per heavy atom. The van der Waals surface area contributed by atoms with Gasteiger partial charge in [-0.25, -0.2) is 0 Å². The van der Waals surface area contributed by atoms with Crippen LogP contribution < -0.4 is 5.32 Å². The number of likely N-dealkylation sites (N-methyl/N-ethyl adjacent to an activating group) is 1. The molecule has 2 aromatic carbocycles. The van der Waals surface area contributed by atoms with Crippen molar-refractivity contribution in [3.05, 3.63) is 69.7 Å². The molecule has 0 saturated carbocycles. The van der Waals surface area contributed by atoms with Gasteiger partial charge in [-0.2, -0.15) is 0 Å². The molecule has 1 unspecified atom stereocenters. The third kappa shape index (κ3) is 3.44. The van der Waals surface area contributed by atoms with Gasteiger partial charge in [-0.05, 0) is 43.7 Å². The van der Waals surface area contributed by atoms with Gasteiger partial charge in [0.15, 0.2) is 0 Å². The van der Waals surface area contributed by atoms with E-state index in [9.17, 15) is 0 Å². The van der Waals surface area contributed by atoms with E-state index in [1.807, 2.05) is 7.05 Å². The maximum Gasteiger partial charge on any atom is 0.0358 e. The zero-order chi connectivity index (χ0) is 13.0. The highest BCUT2D eigenvalue weighted by Crippen LogP contribution is 2.21. The zero-order valence-corrected chi connectivity index (χ0v) is 12.4. The van der Waals surface area contributed by atoms with E-state index >= 15 is 0 Å². The first-order valence-corrected chi connectivity index (χ1v) is 6.96. The van der Waals surface area contributed by atoms with Gasteiger partial charge in [0.1, 0.15) is 0 Å². The van der Waals surface area contributed by atoms with Crippen LogP contribution in [0.25, 0.3) is 0 Å². The highest BCUT2D eigenvalue weighted by molar-refractivity contribution is 9.10. The molecule has 0 heterocycles. The molecule has 2 heteroatoms. The Morgan fingerprint density at radius 3 is 2.44 bits per heavy atom. The second kappa shape index (κ2) is 6.17. The molecule has 2 rings (SSSR count). The molecule has 1 N–H and O–H groups in total. The van der Waals surface area contributed by atoms with Gasteiger partial charge in [0, 0.05) is 10.5 Å². The lowest BCUT2D eigenvalue weighted by Gasteiger charge is -2.17. The molecule has 0 spiro atoms. The SMILES string of the molecule is CNC(Cc1ccc(C)cc1)c1cccc(Br)c1. The minimum Gasteiger partial charge on any atom is -0.313 e. The van der Waals surface area contributed by atoms with Crippen LogP contribution in [0.3, 0.4) is 0 Å². The molecule has 0 aliphatic heterocycles. The summed E-state index contributed by atoms with van der Waals surface area (Å²) in [5.41, 5.74) is 3.98. The molecule has 0 aliphatic rings. The fourth-order valence-electron chi connectivity index (χ4n) is 2.07. The second-order valence-electron chi connectivity index (χ2n) is 4.59. The predicted octanol–water partition coefficient (Wildman–Crippen LogP) is 4.26. The van der Waals surface area contributed by atoms with Crippen LogP contribution in [0.2, 0.25) is 0 Å². The van der Waals surface area contributed by atoms with Crippen molar-refractivity contribution in [1.82, 2.24) is 5.32 Å². The highest BCUT2D eigenvalue weighted by atomic mass is 79.9. The molecular formula is C16H18BrN. The number of aryl methyl sites for hydroxylation is 1. The topological polar surface area (TPSA) is 12.0 Å². The molecule has 1 atom stereocenters. The van der Waals surface area contributed by atoms with Crippen LogP contribution in [-0.2, 0) is 6.42 Å². The van der Waals surface area contributed by atoms with Crippen LogP contribution in [0, 0.1) is 6.92 Å². The van der Waals surface area contributed by atoms with Gasteiger partial charge in [0.25, 0.3) is 0 Å². The summed E-state index contributed by atoms with van der Waals surface area (Å²) in [4.78, 5) is 0. The van der Waals surface area contributed by atoms with E-state index in [0.29, 0.717) is 6.04 Å². The Hall–Kier alpha value is -1.12. The lowest BCUT2D eigenvalue weighted by Crippen LogP contribution is -2.18. The first-order valence-electron chi connectivity index (χ1n) is 6.17. The van der Waals surface area contributed by atoms with Crippen molar-refractivity contribution in [2.24, 2.45) is 0 Å². The van der Waals surface area contributed by atoms with Gasteiger partial charge < -0.3 is 5.32 Å². The summed E-state index contributed by atoms with van der Waals surface area (Å²) in [6.45, 7) is 2.12. The minimum atomic E-state index is 0.352. The number of benzene rings is 2. The van der Waals surface area contributed by atoms with Crippen molar-refractivity contribution >= 4 is 15.9 Å². The van der Waals surface area contributed by atoms with Crippen molar-refractivity contribution in [1.29, 1.82) is 0 Å². The monoisotopic (exact) mass is 303 g/mol. The van der Waals surface area contributed by atoms with Crippen molar-refractivity contribution in [2.45, 2.75) is 19.4 Å². The molecular weight excluding hydrogens is 286 g/mol. The Labute approximate surface area is 117 Å². The quantitative estimate of drug-likeness (QED) is 0.890. The summed E-state index contributed by atoms with van der Waals surface area (Å²) in [7, 11) is 2.01. The number of hydrogen-bond donors (Lipinski definition) is 1. The fourth-order valence-corrected chi connectivity index (χ4v) is 2.49. The lowest BCUT2D eigenvalue weighted by atomic mass is 9.98. The van der Waals surface area contributed by atoms with Gasteiger partial charge in [-0.1, -0.05) is 57.9 Å². The molecule has 18 heavy (non-hydrogen) atoms. The Bertz CT molecular complexity index is 505. The molecule has 0 radical (unpaired) electrons. The van der Waals surface area contributed by atoms with E-state index < -0.39 is 0 Å². The summed E-state index contributed by atoms with van der Waals surface area (Å²) < 4.78 is 1.13. The van der Waals surface area contributed by atoms with E-state index in [1.165, 1.54) is 16.7 Å². The minimum absolute atomic E-state index is 0.352.